The molecule has 0 saturated heterocycles. The van der Waals surface area contributed by atoms with Gasteiger partial charge < -0.3 is 19.1 Å². The van der Waals surface area contributed by atoms with Crippen LogP contribution in [0, 0.1) is 10.1 Å². The number of nitro groups is 1. The highest BCUT2D eigenvalue weighted by Gasteiger charge is 2.24. The number of methoxy groups -OCH3 is 3. The summed E-state index contributed by atoms with van der Waals surface area (Å²) >= 11 is 3.42. The molecule has 148 valence electrons. The molecule has 1 aliphatic heterocycles. The minimum absolute atomic E-state index is 0.0199. The van der Waals surface area contributed by atoms with Gasteiger partial charge in [-0.05, 0) is 52.2 Å². The molecule has 2 aromatic carbocycles. The molecule has 2 aromatic rings. The Kier molecular flexibility index (Phi) is 5.79. The molecule has 0 unspecified atom stereocenters. The molecule has 28 heavy (non-hydrogen) atoms. The van der Waals surface area contributed by atoms with E-state index in [2.05, 4.69) is 20.8 Å². The van der Waals surface area contributed by atoms with Crippen LogP contribution in [0.3, 0.4) is 0 Å². The maximum absolute atomic E-state index is 11.6. The van der Waals surface area contributed by atoms with Gasteiger partial charge in [0.25, 0.3) is 5.69 Å². The first kappa shape index (κ1) is 20.0. The fourth-order valence-corrected chi connectivity index (χ4v) is 3.83. The Labute approximate surface area is 171 Å². The van der Waals surface area contributed by atoms with E-state index in [1.165, 1.54) is 13.2 Å². The second-order valence-corrected chi connectivity index (χ2v) is 7.22. The van der Waals surface area contributed by atoms with E-state index in [4.69, 9.17) is 14.2 Å². The van der Waals surface area contributed by atoms with Crippen molar-refractivity contribution in [2.75, 3.05) is 34.9 Å². The summed E-state index contributed by atoms with van der Waals surface area (Å²) in [6.07, 6.45) is 2.67. The number of benzene rings is 2. The molecule has 0 atom stereocenters. The molecule has 0 aromatic heterocycles. The van der Waals surface area contributed by atoms with Crippen LogP contribution in [0.1, 0.15) is 16.7 Å². The Morgan fingerprint density at radius 3 is 2.32 bits per heavy atom. The molecule has 0 aliphatic carbocycles. The van der Waals surface area contributed by atoms with Crippen LogP contribution < -0.4 is 14.2 Å². The topological polar surface area (TPSA) is 74.1 Å². The molecule has 0 spiro atoms. The van der Waals surface area contributed by atoms with Crippen LogP contribution >= 0.6 is 15.9 Å². The largest absolute Gasteiger partial charge is 0.495 e. The minimum Gasteiger partial charge on any atom is -0.495 e. The molecule has 3 rings (SSSR count). The maximum Gasteiger partial charge on any atom is 0.280 e. The fraction of sp³-hybridized carbons (Fsp3) is 0.300. The van der Waals surface area contributed by atoms with E-state index in [1.807, 2.05) is 25.3 Å². The summed E-state index contributed by atoms with van der Waals surface area (Å²) in [4.78, 5) is 13.3. The normalized spacial score (nSPS) is 14.6. The Balaban J connectivity index is 2.21. The van der Waals surface area contributed by atoms with Gasteiger partial charge in [0.15, 0.2) is 11.5 Å². The molecule has 7 nitrogen and oxygen atoms in total. The highest BCUT2D eigenvalue weighted by Crippen LogP contribution is 2.40. The number of nitro benzene ring substituents is 1. The summed E-state index contributed by atoms with van der Waals surface area (Å²) in [7, 11) is 6.64. The second-order valence-electron chi connectivity index (χ2n) is 6.37. The number of hydrogen-bond acceptors (Lipinski definition) is 6. The van der Waals surface area contributed by atoms with Crippen molar-refractivity contribution in [3.8, 4) is 17.2 Å². The summed E-state index contributed by atoms with van der Waals surface area (Å²) in [6, 6.07) is 7.01. The summed E-state index contributed by atoms with van der Waals surface area (Å²) in [5.41, 5.74) is 3.42. The molecule has 0 fully saturated rings. The number of fused-ring (bicyclic) bond motifs is 1. The lowest BCUT2D eigenvalue weighted by Gasteiger charge is -2.31. The zero-order valence-electron chi connectivity index (χ0n) is 16.1. The van der Waals surface area contributed by atoms with Crippen LogP contribution in [0.15, 0.2) is 28.7 Å². The van der Waals surface area contributed by atoms with Crippen molar-refractivity contribution in [2.45, 2.75) is 6.42 Å². The maximum atomic E-state index is 11.6. The van der Waals surface area contributed by atoms with Gasteiger partial charge in [-0.2, -0.15) is 0 Å². The quantitative estimate of drug-likeness (QED) is 0.499. The third kappa shape index (κ3) is 3.64. The lowest BCUT2D eigenvalue weighted by molar-refractivity contribution is -0.385. The molecule has 8 heteroatoms. The first-order valence-electron chi connectivity index (χ1n) is 8.59. The standard InChI is InChI=1S/C20H21BrN2O5/c1-22-6-5-12-9-19(27-3)20(28-4)10-14(12)17(22)8-13-7-15(21)18(26-2)11-16(13)23(24)25/h7-11H,5-6H2,1-4H3/b17-8+. The van der Waals surface area contributed by atoms with E-state index in [1.54, 1.807) is 20.3 Å². The summed E-state index contributed by atoms with van der Waals surface area (Å²) in [5, 5.41) is 11.6. The zero-order chi connectivity index (χ0) is 20.4. The third-order valence-electron chi connectivity index (χ3n) is 4.80. The van der Waals surface area contributed by atoms with Crippen LogP contribution in [0.25, 0.3) is 11.8 Å². The van der Waals surface area contributed by atoms with E-state index in [0.717, 1.165) is 29.8 Å². The second kappa shape index (κ2) is 8.10. The summed E-state index contributed by atoms with van der Waals surface area (Å²) in [6.45, 7) is 0.791. The monoisotopic (exact) mass is 448 g/mol. The molecular formula is C20H21BrN2O5. The molecule has 0 N–H and O–H groups in total. The van der Waals surface area contributed by atoms with Crippen LogP contribution in [-0.4, -0.2) is 44.7 Å². The third-order valence-corrected chi connectivity index (χ3v) is 5.42. The molecule has 1 heterocycles. The van der Waals surface area contributed by atoms with Gasteiger partial charge >= 0.3 is 0 Å². The van der Waals surface area contributed by atoms with Crippen molar-refractivity contribution < 1.29 is 19.1 Å². The fourth-order valence-electron chi connectivity index (χ4n) is 3.30. The predicted octanol–water partition coefficient (Wildman–Crippen LogP) is 4.37. The van der Waals surface area contributed by atoms with E-state index in [9.17, 15) is 10.1 Å². The number of hydrogen-bond donors (Lipinski definition) is 0. The predicted molar refractivity (Wildman–Crippen MR) is 111 cm³/mol. The molecule has 0 radical (unpaired) electrons. The van der Waals surface area contributed by atoms with Crippen molar-refractivity contribution in [3.63, 3.8) is 0 Å². The lowest BCUT2D eigenvalue weighted by Crippen LogP contribution is -2.25. The van der Waals surface area contributed by atoms with Gasteiger partial charge in [-0.3, -0.25) is 10.1 Å². The smallest absolute Gasteiger partial charge is 0.280 e. The lowest BCUT2D eigenvalue weighted by atomic mass is 9.94. The van der Waals surface area contributed by atoms with Gasteiger partial charge in [0.1, 0.15) is 5.75 Å². The van der Waals surface area contributed by atoms with Gasteiger partial charge in [0.05, 0.1) is 42.4 Å². The van der Waals surface area contributed by atoms with Gasteiger partial charge in [-0.15, -0.1) is 0 Å². The van der Waals surface area contributed by atoms with Crippen LogP contribution in [0.4, 0.5) is 5.69 Å². The van der Waals surface area contributed by atoms with Crippen LogP contribution in [-0.2, 0) is 6.42 Å². The summed E-state index contributed by atoms with van der Waals surface area (Å²) < 4.78 is 16.7. The molecule has 1 aliphatic rings. The highest BCUT2D eigenvalue weighted by molar-refractivity contribution is 9.10. The Bertz CT molecular complexity index is 958. The Hall–Kier alpha value is -2.74. The van der Waals surface area contributed by atoms with Crippen molar-refractivity contribution in [1.29, 1.82) is 0 Å². The van der Waals surface area contributed by atoms with Gasteiger partial charge in [0, 0.05) is 24.9 Å². The van der Waals surface area contributed by atoms with E-state index < -0.39 is 4.92 Å². The van der Waals surface area contributed by atoms with E-state index in [-0.39, 0.29) is 5.69 Å². The van der Waals surface area contributed by atoms with Crippen LogP contribution in [0.5, 0.6) is 17.2 Å². The van der Waals surface area contributed by atoms with E-state index >= 15 is 0 Å². The number of halogens is 1. The summed E-state index contributed by atoms with van der Waals surface area (Å²) in [5.74, 6) is 1.70. The van der Waals surface area contributed by atoms with Crippen molar-refractivity contribution in [2.24, 2.45) is 0 Å². The molecule has 0 bridgehead atoms. The van der Waals surface area contributed by atoms with Crippen molar-refractivity contribution in [3.05, 3.63) is 55.5 Å². The van der Waals surface area contributed by atoms with Gasteiger partial charge in [0.2, 0.25) is 0 Å². The van der Waals surface area contributed by atoms with Crippen molar-refractivity contribution in [1.82, 2.24) is 4.90 Å². The molecular weight excluding hydrogens is 428 g/mol. The first-order valence-corrected chi connectivity index (χ1v) is 9.39. The first-order chi connectivity index (χ1) is 13.4. The van der Waals surface area contributed by atoms with E-state index in [0.29, 0.717) is 27.3 Å². The van der Waals surface area contributed by atoms with Gasteiger partial charge in [-0.25, -0.2) is 0 Å². The number of rotatable bonds is 5. The SMILES string of the molecule is COc1cc([N+](=O)[O-])c(/C=C2\c3cc(OC)c(OC)cc3CCN2C)cc1Br. The Morgan fingerprint density at radius 2 is 1.71 bits per heavy atom. The van der Waals surface area contributed by atoms with Gasteiger partial charge in [-0.1, -0.05) is 0 Å². The highest BCUT2D eigenvalue weighted by atomic mass is 79.9. The van der Waals surface area contributed by atoms with Crippen LogP contribution in [0.2, 0.25) is 0 Å². The minimum atomic E-state index is -0.403. The average Bonchev–Trinajstić information content (AvgIpc) is 2.68. The zero-order valence-corrected chi connectivity index (χ0v) is 17.7. The average molecular weight is 449 g/mol. The number of ether oxygens (including phenoxy) is 3. The van der Waals surface area contributed by atoms with Crippen molar-refractivity contribution >= 4 is 33.4 Å². The number of nitrogens with zero attached hydrogens (tertiary/aromatic N) is 2. The Morgan fingerprint density at radius 1 is 1.07 bits per heavy atom. The number of likely N-dealkylation sites (N-methyl/N-ethyl adjacent to an activating group) is 1. The molecule has 0 saturated carbocycles. The molecule has 0 amide bonds.